The Labute approximate surface area is 105 Å². The molecular formula is C12H16ClNO3. The van der Waals surface area contributed by atoms with Gasteiger partial charge in [-0.15, -0.1) is 0 Å². The third kappa shape index (κ3) is 2.64. The molecule has 17 heavy (non-hydrogen) atoms. The van der Waals surface area contributed by atoms with Crippen LogP contribution in [0.3, 0.4) is 0 Å². The number of hydrogen-bond donors (Lipinski definition) is 1. The topological polar surface area (TPSA) is 51.5 Å². The van der Waals surface area contributed by atoms with Crippen LogP contribution in [0.25, 0.3) is 0 Å². The molecule has 0 spiro atoms. The van der Waals surface area contributed by atoms with E-state index < -0.39 is 5.97 Å². The zero-order valence-corrected chi connectivity index (χ0v) is 10.5. The van der Waals surface area contributed by atoms with E-state index in [1.807, 2.05) is 0 Å². The van der Waals surface area contributed by atoms with E-state index in [4.69, 9.17) is 21.4 Å². The maximum absolute atomic E-state index is 11.0. The Hall–Kier alpha value is -1.00. The first kappa shape index (κ1) is 12.5. The van der Waals surface area contributed by atoms with Crippen molar-refractivity contribution in [2.45, 2.75) is 32.4 Å². The molecule has 1 saturated heterocycles. The Bertz CT molecular complexity index is 416. The van der Waals surface area contributed by atoms with Crippen molar-refractivity contribution in [1.82, 2.24) is 4.57 Å². The number of aromatic carboxylic acids is 1. The molecule has 2 atom stereocenters. The normalized spacial score (nSPS) is 24.1. The highest BCUT2D eigenvalue weighted by Crippen LogP contribution is 2.26. The van der Waals surface area contributed by atoms with Crippen molar-refractivity contribution < 1.29 is 14.6 Å². The molecule has 0 amide bonds. The molecule has 1 fully saturated rings. The average Bonchev–Trinajstić information content (AvgIpc) is 2.85. The van der Waals surface area contributed by atoms with Crippen LogP contribution in [0, 0.1) is 5.92 Å². The zero-order chi connectivity index (χ0) is 12.4. The summed E-state index contributed by atoms with van der Waals surface area (Å²) in [7, 11) is 0. The molecule has 94 valence electrons. The standard InChI is InChI=1S/C12H16ClNO3/c1-2-11-8(3-4-17-11)6-14-7-9(13)5-10(14)12(15)16/h5,7-8,11H,2-4,6H2,1H3,(H,15,16). The Morgan fingerprint density at radius 3 is 3.12 bits per heavy atom. The van der Waals surface area contributed by atoms with Crippen LogP contribution >= 0.6 is 11.6 Å². The molecule has 1 aromatic rings. The van der Waals surface area contributed by atoms with E-state index >= 15 is 0 Å². The van der Waals surface area contributed by atoms with Crippen molar-refractivity contribution in [3.63, 3.8) is 0 Å². The third-order valence-corrected chi connectivity index (χ3v) is 3.47. The molecule has 0 aromatic carbocycles. The molecular weight excluding hydrogens is 242 g/mol. The number of hydrogen-bond acceptors (Lipinski definition) is 2. The Morgan fingerprint density at radius 2 is 2.47 bits per heavy atom. The van der Waals surface area contributed by atoms with E-state index in [0.717, 1.165) is 19.4 Å². The Morgan fingerprint density at radius 1 is 1.71 bits per heavy atom. The van der Waals surface area contributed by atoms with E-state index in [1.165, 1.54) is 6.07 Å². The van der Waals surface area contributed by atoms with Crippen LogP contribution in [0.2, 0.25) is 5.02 Å². The second-order valence-electron chi connectivity index (χ2n) is 4.37. The fourth-order valence-corrected chi connectivity index (χ4v) is 2.63. The maximum Gasteiger partial charge on any atom is 0.352 e. The largest absolute Gasteiger partial charge is 0.477 e. The fourth-order valence-electron chi connectivity index (χ4n) is 2.41. The molecule has 0 bridgehead atoms. The lowest BCUT2D eigenvalue weighted by atomic mass is 9.99. The van der Waals surface area contributed by atoms with Gasteiger partial charge in [0.1, 0.15) is 5.69 Å². The van der Waals surface area contributed by atoms with Crippen LogP contribution < -0.4 is 0 Å². The van der Waals surface area contributed by atoms with E-state index in [2.05, 4.69) is 6.92 Å². The van der Waals surface area contributed by atoms with Crippen LogP contribution in [0.15, 0.2) is 12.3 Å². The van der Waals surface area contributed by atoms with E-state index in [9.17, 15) is 4.79 Å². The number of rotatable bonds is 4. The summed E-state index contributed by atoms with van der Waals surface area (Å²) in [5.41, 5.74) is 0.247. The summed E-state index contributed by atoms with van der Waals surface area (Å²) < 4.78 is 7.32. The molecule has 5 heteroatoms. The van der Waals surface area contributed by atoms with Gasteiger partial charge in [-0.2, -0.15) is 0 Å². The Balaban J connectivity index is 2.15. The quantitative estimate of drug-likeness (QED) is 0.902. The highest BCUT2D eigenvalue weighted by atomic mass is 35.5. The lowest BCUT2D eigenvalue weighted by Crippen LogP contribution is -2.21. The summed E-state index contributed by atoms with van der Waals surface area (Å²) in [6.07, 6.45) is 3.85. The van der Waals surface area contributed by atoms with Crippen LogP contribution in [-0.4, -0.2) is 28.4 Å². The number of aromatic nitrogens is 1. The molecule has 2 heterocycles. The van der Waals surface area contributed by atoms with E-state index in [0.29, 0.717) is 17.5 Å². The molecule has 2 unspecified atom stereocenters. The summed E-state index contributed by atoms with van der Waals surface area (Å²) in [5.74, 6) is -0.564. The number of ether oxygens (including phenoxy) is 1. The van der Waals surface area contributed by atoms with Gasteiger partial charge in [0, 0.05) is 25.3 Å². The molecule has 0 aliphatic carbocycles. The van der Waals surface area contributed by atoms with Crippen molar-refractivity contribution in [2.75, 3.05) is 6.61 Å². The average molecular weight is 258 g/mol. The van der Waals surface area contributed by atoms with Gasteiger partial charge in [0.25, 0.3) is 0 Å². The number of carboxylic acid groups (broad SMARTS) is 1. The van der Waals surface area contributed by atoms with Gasteiger partial charge < -0.3 is 14.4 Å². The molecule has 1 aliphatic rings. The van der Waals surface area contributed by atoms with Gasteiger partial charge in [0.05, 0.1) is 11.1 Å². The molecule has 2 rings (SSSR count). The maximum atomic E-state index is 11.0. The van der Waals surface area contributed by atoms with Crippen LogP contribution in [0.5, 0.6) is 0 Å². The van der Waals surface area contributed by atoms with Gasteiger partial charge in [-0.25, -0.2) is 4.79 Å². The van der Waals surface area contributed by atoms with Crippen LogP contribution in [0.1, 0.15) is 30.3 Å². The first-order valence-corrected chi connectivity index (χ1v) is 6.20. The lowest BCUT2D eigenvalue weighted by Gasteiger charge is -2.18. The van der Waals surface area contributed by atoms with E-state index in [1.54, 1.807) is 10.8 Å². The van der Waals surface area contributed by atoms with Gasteiger partial charge in [-0.3, -0.25) is 0 Å². The molecule has 0 saturated carbocycles. The first-order valence-electron chi connectivity index (χ1n) is 5.82. The summed E-state index contributed by atoms with van der Waals surface area (Å²) in [6.45, 7) is 3.51. The summed E-state index contributed by atoms with van der Waals surface area (Å²) in [4.78, 5) is 11.0. The lowest BCUT2D eigenvalue weighted by molar-refractivity contribution is 0.0673. The van der Waals surface area contributed by atoms with Gasteiger partial charge in [0.2, 0.25) is 0 Å². The number of carbonyl (C=O) groups is 1. The molecule has 1 aromatic heterocycles. The SMILES string of the molecule is CCC1OCCC1Cn1cc(Cl)cc1C(=O)O. The van der Waals surface area contributed by atoms with Gasteiger partial charge in [-0.1, -0.05) is 18.5 Å². The van der Waals surface area contributed by atoms with E-state index in [-0.39, 0.29) is 11.8 Å². The Kier molecular flexibility index (Phi) is 3.74. The van der Waals surface area contributed by atoms with Crippen molar-refractivity contribution in [3.8, 4) is 0 Å². The minimum absolute atomic E-state index is 0.234. The third-order valence-electron chi connectivity index (χ3n) is 3.26. The summed E-state index contributed by atoms with van der Waals surface area (Å²) >= 11 is 5.85. The summed E-state index contributed by atoms with van der Waals surface area (Å²) in [6, 6.07) is 1.49. The monoisotopic (exact) mass is 257 g/mol. The van der Waals surface area contributed by atoms with Crippen molar-refractivity contribution in [3.05, 3.63) is 23.0 Å². The minimum atomic E-state index is -0.941. The minimum Gasteiger partial charge on any atom is -0.477 e. The van der Waals surface area contributed by atoms with Crippen LogP contribution in [-0.2, 0) is 11.3 Å². The predicted molar refractivity (Wildman–Crippen MR) is 64.5 cm³/mol. The summed E-state index contributed by atoms with van der Waals surface area (Å²) in [5, 5.41) is 9.53. The highest BCUT2D eigenvalue weighted by Gasteiger charge is 2.28. The number of halogens is 1. The molecule has 4 nitrogen and oxygen atoms in total. The number of nitrogens with zero attached hydrogens (tertiary/aromatic N) is 1. The van der Waals surface area contributed by atoms with Crippen molar-refractivity contribution in [2.24, 2.45) is 5.92 Å². The first-order chi connectivity index (χ1) is 8.11. The number of carboxylic acids is 1. The second kappa shape index (κ2) is 5.10. The molecule has 1 N–H and O–H groups in total. The van der Waals surface area contributed by atoms with Crippen molar-refractivity contribution in [1.29, 1.82) is 0 Å². The van der Waals surface area contributed by atoms with Crippen LogP contribution in [0.4, 0.5) is 0 Å². The van der Waals surface area contributed by atoms with Gasteiger partial charge in [0.15, 0.2) is 0 Å². The van der Waals surface area contributed by atoms with Crippen molar-refractivity contribution >= 4 is 17.6 Å². The fraction of sp³-hybridized carbons (Fsp3) is 0.583. The smallest absolute Gasteiger partial charge is 0.352 e. The highest BCUT2D eigenvalue weighted by molar-refractivity contribution is 6.30. The zero-order valence-electron chi connectivity index (χ0n) is 9.73. The van der Waals surface area contributed by atoms with Gasteiger partial charge >= 0.3 is 5.97 Å². The van der Waals surface area contributed by atoms with Gasteiger partial charge in [-0.05, 0) is 18.9 Å². The predicted octanol–water partition coefficient (Wildman–Crippen LogP) is 2.65. The molecule has 1 aliphatic heterocycles. The molecule has 0 radical (unpaired) electrons. The second-order valence-corrected chi connectivity index (χ2v) is 4.80.